The minimum atomic E-state index is 1.04. The van der Waals surface area contributed by atoms with Crippen LogP contribution in [-0.4, -0.2) is 4.57 Å². The summed E-state index contributed by atoms with van der Waals surface area (Å²) in [6.45, 7) is 2.24. The zero-order chi connectivity index (χ0) is 16.8. The number of para-hydroxylation sites is 2. The van der Waals surface area contributed by atoms with E-state index in [4.69, 9.17) is 0 Å². The van der Waals surface area contributed by atoms with Gasteiger partial charge < -0.3 is 4.57 Å². The number of benzene rings is 4. The highest BCUT2D eigenvalue weighted by atomic mass is 15.0. The van der Waals surface area contributed by atoms with E-state index in [1.54, 1.807) is 0 Å². The van der Waals surface area contributed by atoms with Crippen LogP contribution in [0.2, 0.25) is 0 Å². The third-order valence-corrected chi connectivity index (χ3v) is 5.16. The first-order chi connectivity index (χ1) is 12.4. The summed E-state index contributed by atoms with van der Waals surface area (Å²) in [5.41, 5.74) is 5.20. The van der Waals surface area contributed by atoms with Crippen molar-refractivity contribution in [3.63, 3.8) is 0 Å². The molecule has 0 radical (unpaired) electrons. The second-order valence-electron chi connectivity index (χ2n) is 6.52. The highest BCUT2D eigenvalue weighted by Crippen LogP contribution is 2.38. The predicted molar refractivity (Wildman–Crippen MR) is 108 cm³/mol. The van der Waals surface area contributed by atoms with Crippen LogP contribution >= 0.6 is 0 Å². The van der Waals surface area contributed by atoms with Gasteiger partial charge in [0.1, 0.15) is 0 Å². The molecule has 120 valence electrons. The molecule has 0 spiro atoms. The third-order valence-electron chi connectivity index (χ3n) is 5.16. The van der Waals surface area contributed by atoms with Gasteiger partial charge in [0.05, 0.1) is 11.0 Å². The molecule has 4 aromatic carbocycles. The van der Waals surface area contributed by atoms with Gasteiger partial charge in [0.2, 0.25) is 0 Å². The fraction of sp³-hybridized carbons (Fsp3) is 0.0833. The molecule has 0 saturated heterocycles. The van der Waals surface area contributed by atoms with Crippen molar-refractivity contribution >= 4 is 32.6 Å². The van der Waals surface area contributed by atoms with E-state index in [-0.39, 0.29) is 0 Å². The predicted octanol–water partition coefficient (Wildman–Crippen LogP) is 6.50. The van der Waals surface area contributed by atoms with Crippen molar-refractivity contribution in [2.24, 2.45) is 0 Å². The molecule has 1 nitrogen and oxygen atoms in total. The van der Waals surface area contributed by atoms with Gasteiger partial charge in [-0.3, -0.25) is 0 Å². The maximum atomic E-state index is 2.41. The van der Waals surface area contributed by atoms with Crippen molar-refractivity contribution in [1.82, 2.24) is 4.57 Å². The molecule has 0 amide bonds. The van der Waals surface area contributed by atoms with E-state index in [1.807, 2.05) is 0 Å². The lowest BCUT2D eigenvalue weighted by molar-refractivity contribution is 1.16. The maximum absolute atomic E-state index is 2.41. The Morgan fingerprint density at radius 1 is 0.640 bits per heavy atom. The molecule has 5 aromatic rings. The fourth-order valence-corrected chi connectivity index (χ4v) is 4.04. The molecule has 1 heteroatoms. The van der Waals surface area contributed by atoms with E-state index in [9.17, 15) is 0 Å². The van der Waals surface area contributed by atoms with Crippen LogP contribution in [0.15, 0.2) is 84.9 Å². The molecular formula is C24H19N. The van der Waals surface area contributed by atoms with Gasteiger partial charge in [-0.2, -0.15) is 0 Å². The van der Waals surface area contributed by atoms with Crippen LogP contribution in [0.3, 0.4) is 0 Å². The largest absolute Gasteiger partial charge is 0.309 e. The monoisotopic (exact) mass is 321 g/mol. The molecule has 1 heterocycles. The Kier molecular flexibility index (Phi) is 3.14. The van der Waals surface area contributed by atoms with Gasteiger partial charge in [-0.1, -0.05) is 67.6 Å². The molecule has 0 aliphatic rings. The van der Waals surface area contributed by atoms with Gasteiger partial charge >= 0.3 is 0 Å². The van der Waals surface area contributed by atoms with Gasteiger partial charge in [0, 0.05) is 21.8 Å². The number of nitrogens with zero attached hydrogens (tertiary/aromatic N) is 1. The summed E-state index contributed by atoms with van der Waals surface area (Å²) < 4.78 is 2.41. The smallest absolute Gasteiger partial charge is 0.0619 e. The summed E-state index contributed by atoms with van der Waals surface area (Å²) >= 11 is 0. The quantitative estimate of drug-likeness (QED) is 0.350. The highest BCUT2D eigenvalue weighted by Gasteiger charge is 2.16. The Labute approximate surface area is 147 Å². The topological polar surface area (TPSA) is 4.93 Å². The van der Waals surface area contributed by atoms with Gasteiger partial charge in [-0.15, -0.1) is 0 Å². The van der Waals surface area contributed by atoms with Crippen molar-refractivity contribution < 1.29 is 0 Å². The van der Waals surface area contributed by atoms with Gasteiger partial charge in [0.25, 0.3) is 0 Å². The van der Waals surface area contributed by atoms with Crippen LogP contribution in [0.25, 0.3) is 38.3 Å². The molecule has 5 rings (SSSR count). The molecule has 0 aliphatic carbocycles. The van der Waals surface area contributed by atoms with Gasteiger partial charge in [0.15, 0.2) is 0 Å². The molecule has 0 fully saturated rings. The van der Waals surface area contributed by atoms with Crippen molar-refractivity contribution in [3.8, 4) is 5.69 Å². The van der Waals surface area contributed by atoms with Crippen LogP contribution in [0.1, 0.15) is 12.5 Å². The second kappa shape index (κ2) is 5.49. The molecule has 25 heavy (non-hydrogen) atoms. The molecule has 0 atom stereocenters. The van der Waals surface area contributed by atoms with Crippen LogP contribution < -0.4 is 0 Å². The second-order valence-corrected chi connectivity index (χ2v) is 6.52. The van der Waals surface area contributed by atoms with Crippen LogP contribution in [0, 0.1) is 0 Å². The fourth-order valence-electron chi connectivity index (χ4n) is 4.04. The molecule has 0 unspecified atom stereocenters. The summed E-state index contributed by atoms with van der Waals surface area (Å²) in [5.74, 6) is 0. The molecule has 0 N–H and O–H groups in total. The summed E-state index contributed by atoms with van der Waals surface area (Å²) in [6, 6.07) is 30.6. The van der Waals surface area contributed by atoms with E-state index in [2.05, 4.69) is 96.4 Å². The maximum Gasteiger partial charge on any atom is 0.0619 e. The van der Waals surface area contributed by atoms with Crippen molar-refractivity contribution in [1.29, 1.82) is 0 Å². The van der Waals surface area contributed by atoms with Crippen molar-refractivity contribution in [3.05, 3.63) is 90.5 Å². The average molecular weight is 321 g/mol. The first-order valence-corrected chi connectivity index (χ1v) is 8.87. The molecule has 0 bridgehead atoms. The van der Waals surface area contributed by atoms with Crippen molar-refractivity contribution in [2.75, 3.05) is 0 Å². The van der Waals surface area contributed by atoms with E-state index < -0.39 is 0 Å². The molecule has 1 aromatic heterocycles. The van der Waals surface area contributed by atoms with Crippen molar-refractivity contribution in [2.45, 2.75) is 13.3 Å². The molecular weight excluding hydrogens is 302 g/mol. The van der Waals surface area contributed by atoms with Crippen LogP contribution in [0.5, 0.6) is 0 Å². The minimum Gasteiger partial charge on any atom is -0.309 e. The number of hydrogen-bond donors (Lipinski definition) is 0. The van der Waals surface area contributed by atoms with E-state index in [0.29, 0.717) is 0 Å². The highest BCUT2D eigenvalue weighted by molar-refractivity contribution is 6.19. The Bertz CT molecular complexity index is 1210. The SMILES string of the molecule is CCc1cc2c3ccccc3n(-c3ccccc3)c2c2ccccc12. The lowest BCUT2D eigenvalue weighted by Gasteiger charge is -2.11. The summed E-state index contributed by atoms with van der Waals surface area (Å²) in [5, 5.41) is 5.35. The molecule has 0 saturated carbocycles. The number of aryl methyl sites for hydroxylation is 1. The molecule has 0 aliphatic heterocycles. The van der Waals surface area contributed by atoms with Gasteiger partial charge in [-0.25, -0.2) is 0 Å². The number of hydrogen-bond acceptors (Lipinski definition) is 0. The van der Waals surface area contributed by atoms with Crippen LogP contribution in [-0.2, 0) is 6.42 Å². The van der Waals surface area contributed by atoms with E-state index in [1.165, 1.54) is 43.8 Å². The average Bonchev–Trinajstić information content (AvgIpc) is 3.02. The summed E-state index contributed by atoms with van der Waals surface area (Å²) in [4.78, 5) is 0. The Morgan fingerprint density at radius 3 is 2.04 bits per heavy atom. The standard InChI is InChI=1S/C24H19N/c1-2-17-16-22-20-13-8-9-15-23(20)25(18-10-4-3-5-11-18)24(22)21-14-7-6-12-19(17)21/h3-16H,2H2,1H3. The third kappa shape index (κ3) is 2.02. The van der Waals surface area contributed by atoms with E-state index in [0.717, 1.165) is 6.42 Å². The number of fused-ring (bicyclic) bond motifs is 5. The van der Waals surface area contributed by atoms with Crippen LogP contribution in [0.4, 0.5) is 0 Å². The zero-order valence-corrected chi connectivity index (χ0v) is 14.2. The first-order valence-electron chi connectivity index (χ1n) is 8.87. The Hall–Kier alpha value is -3.06. The lowest BCUT2D eigenvalue weighted by Crippen LogP contribution is -1.94. The number of rotatable bonds is 2. The summed E-state index contributed by atoms with van der Waals surface area (Å²) in [7, 11) is 0. The number of aromatic nitrogens is 1. The summed E-state index contributed by atoms with van der Waals surface area (Å²) in [6.07, 6.45) is 1.04. The Morgan fingerprint density at radius 2 is 1.28 bits per heavy atom. The zero-order valence-electron chi connectivity index (χ0n) is 14.2. The Balaban J connectivity index is 2.09. The first kappa shape index (κ1) is 14.3. The van der Waals surface area contributed by atoms with E-state index >= 15 is 0 Å². The van der Waals surface area contributed by atoms with Gasteiger partial charge in [-0.05, 0) is 41.6 Å². The normalized spacial score (nSPS) is 11.6. The minimum absolute atomic E-state index is 1.04. The lowest BCUT2D eigenvalue weighted by atomic mass is 9.98.